The predicted octanol–water partition coefficient (Wildman–Crippen LogP) is 3.64. The topological polar surface area (TPSA) is 109 Å². The van der Waals surface area contributed by atoms with Crippen LogP contribution in [0.25, 0.3) is 11.6 Å². The number of anilines is 2. The van der Waals surface area contributed by atoms with Gasteiger partial charge in [0.2, 0.25) is 0 Å². The van der Waals surface area contributed by atoms with E-state index in [9.17, 15) is 23.2 Å². The Kier molecular flexibility index (Phi) is 5.54. The van der Waals surface area contributed by atoms with Crippen LogP contribution in [0.1, 0.15) is 27.2 Å². The van der Waals surface area contributed by atoms with Crippen LogP contribution < -0.4 is 16.2 Å². The molecule has 0 unspecified atom stereocenters. The maximum absolute atomic E-state index is 13.5. The quantitative estimate of drug-likeness (QED) is 0.385. The number of aromatic nitrogens is 3. The van der Waals surface area contributed by atoms with Crippen LogP contribution in [0.2, 0.25) is 0 Å². The van der Waals surface area contributed by atoms with Crippen molar-refractivity contribution < 1.29 is 18.4 Å². The van der Waals surface area contributed by atoms with Crippen molar-refractivity contribution in [3.8, 4) is 0 Å². The van der Waals surface area contributed by atoms with Crippen LogP contribution in [0.15, 0.2) is 72.0 Å². The summed E-state index contributed by atoms with van der Waals surface area (Å²) in [6, 6.07) is 11.1. The van der Waals surface area contributed by atoms with Gasteiger partial charge < -0.3 is 20.2 Å². The predicted molar refractivity (Wildman–Crippen MR) is 126 cm³/mol. The fourth-order valence-corrected chi connectivity index (χ4v) is 3.78. The zero-order chi connectivity index (χ0) is 24.5. The van der Waals surface area contributed by atoms with Gasteiger partial charge in [0.25, 0.3) is 17.4 Å². The van der Waals surface area contributed by atoms with Gasteiger partial charge in [-0.1, -0.05) is 6.07 Å². The summed E-state index contributed by atoms with van der Waals surface area (Å²) in [5.74, 6) is -2.94. The van der Waals surface area contributed by atoms with Crippen molar-refractivity contribution in [1.82, 2.24) is 14.5 Å². The minimum absolute atomic E-state index is 0.0362. The van der Waals surface area contributed by atoms with Crippen LogP contribution in [0.5, 0.6) is 0 Å². The highest BCUT2D eigenvalue weighted by Crippen LogP contribution is 2.35. The number of imidazole rings is 1. The molecule has 8 nitrogen and oxygen atoms in total. The van der Waals surface area contributed by atoms with Crippen molar-refractivity contribution in [3.05, 3.63) is 112 Å². The van der Waals surface area contributed by atoms with E-state index in [1.165, 1.54) is 35.3 Å². The molecule has 5 rings (SSSR count). The number of nitrogens with zero attached hydrogens (tertiary/aromatic N) is 2. The molecule has 2 amide bonds. The van der Waals surface area contributed by atoms with Gasteiger partial charge in [-0.25, -0.2) is 13.8 Å². The molecule has 0 bridgehead atoms. The lowest BCUT2D eigenvalue weighted by atomic mass is 10.1. The van der Waals surface area contributed by atoms with Crippen molar-refractivity contribution in [1.29, 1.82) is 0 Å². The molecule has 3 heterocycles. The fourth-order valence-electron chi connectivity index (χ4n) is 3.78. The number of rotatable bonds is 5. The third kappa shape index (κ3) is 4.36. The monoisotopic (exact) mass is 473 g/mol. The second-order valence-electron chi connectivity index (χ2n) is 7.84. The van der Waals surface area contributed by atoms with Gasteiger partial charge in [-0.15, -0.1) is 0 Å². The van der Waals surface area contributed by atoms with Gasteiger partial charge >= 0.3 is 0 Å². The molecule has 35 heavy (non-hydrogen) atoms. The number of halogens is 2. The molecule has 10 heteroatoms. The van der Waals surface area contributed by atoms with Crippen molar-refractivity contribution in [2.24, 2.45) is 0 Å². The molecule has 174 valence electrons. The van der Waals surface area contributed by atoms with Gasteiger partial charge in [-0.05, 0) is 54.1 Å². The largest absolute Gasteiger partial charge is 0.345 e. The lowest BCUT2D eigenvalue weighted by Crippen LogP contribution is -2.29. The Morgan fingerprint density at radius 2 is 1.94 bits per heavy atom. The van der Waals surface area contributed by atoms with Crippen molar-refractivity contribution >= 4 is 34.8 Å². The molecular weight excluding hydrogens is 456 g/mol. The molecule has 0 atom stereocenters. The van der Waals surface area contributed by atoms with E-state index in [1.807, 2.05) is 0 Å². The number of hydrogen-bond acceptors (Lipinski definition) is 4. The number of carbonyl (C=O) groups is 2. The summed E-state index contributed by atoms with van der Waals surface area (Å²) in [7, 11) is 0. The van der Waals surface area contributed by atoms with Gasteiger partial charge in [-0.3, -0.25) is 14.4 Å². The molecule has 0 saturated heterocycles. The van der Waals surface area contributed by atoms with E-state index in [4.69, 9.17) is 0 Å². The molecule has 2 aromatic heterocycles. The minimum Gasteiger partial charge on any atom is -0.345 e. The average molecular weight is 473 g/mol. The number of nitrogens with one attached hydrogen (secondary N) is 3. The van der Waals surface area contributed by atoms with E-state index < -0.39 is 23.1 Å². The first kappa shape index (κ1) is 22.0. The molecule has 1 aliphatic heterocycles. The third-order valence-corrected chi connectivity index (χ3v) is 5.48. The highest BCUT2D eigenvalue weighted by molar-refractivity contribution is 6.35. The van der Waals surface area contributed by atoms with E-state index in [1.54, 1.807) is 30.5 Å². The number of H-pyrrole nitrogens is 1. The van der Waals surface area contributed by atoms with Gasteiger partial charge in [0.15, 0.2) is 11.6 Å². The summed E-state index contributed by atoms with van der Waals surface area (Å²) < 4.78 is 27.9. The highest BCUT2D eigenvalue weighted by atomic mass is 19.2. The van der Waals surface area contributed by atoms with E-state index in [0.717, 1.165) is 12.1 Å². The Balaban J connectivity index is 1.39. The molecule has 3 N–H and O–H groups in total. The highest BCUT2D eigenvalue weighted by Gasteiger charge is 2.25. The van der Waals surface area contributed by atoms with Gasteiger partial charge in [-0.2, -0.15) is 0 Å². The first-order chi connectivity index (χ1) is 16.9. The van der Waals surface area contributed by atoms with Gasteiger partial charge in [0.05, 0.1) is 30.3 Å². The second kappa shape index (κ2) is 8.82. The lowest BCUT2D eigenvalue weighted by Gasteiger charge is -2.10. The van der Waals surface area contributed by atoms with Crippen LogP contribution in [0.4, 0.5) is 20.2 Å². The maximum Gasteiger partial charge on any atom is 0.263 e. The summed E-state index contributed by atoms with van der Waals surface area (Å²) in [5, 5.41) is 5.44. The molecule has 4 aromatic rings. The Hall–Kier alpha value is -4.86. The molecule has 0 fully saturated rings. The minimum atomic E-state index is -1.02. The summed E-state index contributed by atoms with van der Waals surface area (Å²) in [6.07, 6.45) is 6.17. The smallest absolute Gasteiger partial charge is 0.263 e. The third-order valence-electron chi connectivity index (χ3n) is 5.48. The number of fused-ring (bicyclic) bond motifs is 1. The molecular formula is C25H17F2N5O3. The maximum atomic E-state index is 13.5. The van der Waals surface area contributed by atoms with E-state index >= 15 is 0 Å². The molecule has 1 aliphatic rings. The van der Waals surface area contributed by atoms with Gasteiger partial charge in [0.1, 0.15) is 5.56 Å². The van der Waals surface area contributed by atoms with Crippen LogP contribution in [0.3, 0.4) is 0 Å². The zero-order valence-electron chi connectivity index (χ0n) is 18.0. The lowest BCUT2D eigenvalue weighted by molar-refractivity contribution is -0.110. The number of amides is 2. The number of hydrogen-bond donors (Lipinski definition) is 3. The standard InChI is InChI=1S/C25H17F2N5O3/c26-20-5-3-14(8-21(20)27)12-32-7-1-2-17(25(32)35)23(33)30-15-4-6-22-18(9-15)19(24(34)31-22)10-16-11-28-13-29-16/h1-11,13H,12H2,(H,28,29)(H,30,33)(H,31,34). The SMILES string of the molecule is O=C1Nc2ccc(NC(=O)c3cccn(Cc4ccc(F)c(F)c4)c3=O)cc2C1=Cc1cnc[nH]1. The number of aromatic amines is 1. The first-order valence-electron chi connectivity index (χ1n) is 10.5. The van der Waals surface area contributed by atoms with Crippen molar-refractivity contribution in [2.75, 3.05) is 10.6 Å². The number of pyridine rings is 1. The van der Waals surface area contributed by atoms with E-state index in [-0.39, 0.29) is 18.0 Å². The van der Waals surface area contributed by atoms with Crippen LogP contribution in [-0.4, -0.2) is 26.3 Å². The molecule has 0 spiro atoms. The number of benzene rings is 2. The van der Waals surface area contributed by atoms with E-state index in [2.05, 4.69) is 20.6 Å². The summed E-state index contributed by atoms with van der Waals surface area (Å²) in [5.41, 5.74) is 2.26. The van der Waals surface area contributed by atoms with Crippen LogP contribution in [-0.2, 0) is 11.3 Å². The Morgan fingerprint density at radius 3 is 2.71 bits per heavy atom. The molecule has 0 aliphatic carbocycles. The normalized spacial score (nSPS) is 13.5. The number of carbonyl (C=O) groups excluding carboxylic acids is 2. The fraction of sp³-hybridized carbons (Fsp3) is 0.0400. The van der Waals surface area contributed by atoms with Crippen molar-refractivity contribution in [2.45, 2.75) is 6.54 Å². The summed E-state index contributed by atoms with van der Waals surface area (Å²) >= 11 is 0. The average Bonchev–Trinajstić information content (AvgIpc) is 3.46. The Morgan fingerprint density at radius 1 is 1.09 bits per heavy atom. The molecule has 0 saturated carbocycles. The second-order valence-corrected chi connectivity index (χ2v) is 7.84. The summed E-state index contributed by atoms with van der Waals surface area (Å²) in [6.45, 7) is -0.0362. The Bertz CT molecular complexity index is 1560. The van der Waals surface area contributed by atoms with Gasteiger partial charge in [0, 0.05) is 23.1 Å². The molecule has 2 aromatic carbocycles. The van der Waals surface area contributed by atoms with E-state index in [0.29, 0.717) is 33.8 Å². The molecule has 0 radical (unpaired) electrons. The zero-order valence-corrected chi connectivity index (χ0v) is 18.0. The van der Waals surface area contributed by atoms with Crippen LogP contribution in [0, 0.1) is 11.6 Å². The summed E-state index contributed by atoms with van der Waals surface area (Å²) in [4.78, 5) is 45.0. The van der Waals surface area contributed by atoms with Crippen molar-refractivity contribution in [3.63, 3.8) is 0 Å². The first-order valence-corrected chi connectivity index (χ1v) is 10.5. The van der Waals surface area contributed by atoms with Crippen LogP contribution >= 0.6 is 0 Å². The Labute approximate surface area is 197 Å².